The molecule has 2 aliphatic rings. The van der Waals surface area contributed by atoms with Gasteiger partial charge in [0, 0.05) is 31.2 Å². The van der Waals surface area contributed by atoms with E-state index >= 15 is 0 Å². The van der Waals surface area contributed by atoms with Gasteiger partial charge in [0.2, 0.25) is 0 Å². The third-order valence-electron chi connectivity index (χ3n) is 9.01. The zero-order valence-electron chi connectivity index (χ0n) is 22.4. The molecule has 2 heterocycles. The monoisotopic (exact) mass is 515 g/mol. The number of pyridine rings is 1. The molecule has 1 aromatic carbocycles. The second-order valence-electron chi connectivity index (χ2n) is 11.3. The van der Waals surface area contributed by atoms with Crippen molar-refractivity contribution >= 4 is 17.6 Å². The molecular formula is C30H37N5O3. The van der Waals surface area contributed by atoms with Crippen molar-refractivity contribution in [1.29, 1.82) is 0 Å². The number of hydrogen-bond acceptors (Lipinski definition) is 4. The van der Waals surface area contributed by atoms with Crippen LogP contribution in [0.15, 0.2) is 67.1 Å². The number of ether oxygens (including phenoxy) is 1. The molecular weight excluding hydrogens is 478 g/mol. The predicted octanol–water partition coefficient (Wildman–Crippen LogP) is 5.23. The van der Waals surface area contributed by atoms with Crippen molar-refractivity contribution in [3.63, 3.8) is 0 Å². The van der Waals surface area contributed by atoms with E-state index in [1.54, 1.807) is 24.7 Å². The van der Waals surface area contributed by atoms with Gasteiger partial charge in [-0.3, -0.25) is 9.78 Å². The van der Waals surface area contributed by atoms with Gasteiger partial charge in [0.15, 0.2) is 0 Å². The molecule has 0 spiro atoms. The first kappa shape index (κ1) is 25.8. The largest absolute Gasteiger partial charge is 0.492 e. The van der Waals surface area contributed by atoms with Crippen molar-refractivity contribution in [1.82, 2.24) is 20.2 Å². The van der Waals surface area contributed by atoms with Crippen molar-refractivity contribution in [2.24, 2.45) is 16.7 Å². The van der Waals surface area contributed by atoms with E-state index in [1.165, 1.54) is 6.42 Å². The number of rotatable bonds is 9. The second-order valence-corrected chi connectivity index (χ2v) is 11.3. The molecule has 38 heavy (non-hydrogen) atoms. The van der Waals surface area contributed by atoms with Crippen LogP contribution in [0.4, 0.5) is 10.5 Å². The molecule has 0 saturated heterocycles. The van der Waals surface area contributed by atoms with E-state index in [9.17, 15) is 9.59 Å². The first-order valence-corrected chi connectivity index (χ1v) is 13.4. The molecule has 3 atom stereocenters. The van der Waals surface area contributed by atoms with Crippen molar-refractivity contribution in [2.75, 3.05) is 11.9 Å². The van der Waals surface area contributed by atoms with Crippen LogP contribution in [0.25, 0.3) is 0 Å². The molecule has 8 nitrogen and oxygen atoms in total. The molecule has 3 N–H and O–H groups in total. The van der Waals surface area contributed by atoms with Gasteiger partial charge in [-0.15, -0.1) is 0 Å². The van der Waals surface area contributed by atoms with Crippen LogP contribution in [0.2, 0.25) is 0 Å². The topological polar surface area (TPSA) is 97.3 Å². The Hall–Kier alpha value is -3.81. The lowest BCUT2D eigenvalue weighted by atomic mass is 9.69. The summed E-state index contributed by atoms with van der Waals surface area (Å²) in [5.74, 6) is 1.17. The van der Waals surface area contributed by atoms with Gasteiger partial charge in [-0.2, -0.15) is 0 Å². The Morgan fingerprint density at radius 3 is 2.63 bits per heavy atom. The molecule has 8 heteroatoms. The summed E-state index contributed by atoms with van der Waals surface area (Å²) in [6, 6.07) is 14.9. The lowest BCUT2D eigenvalue weighted by Crippen LogP contribution is -2.48. The fourth-order valence-corrected chi connectivity index (χ4v) is 6.26. The molecule has 2 fully saturated rings. The highest BCUT2D eigenvalue weighted by molar-refractivity contribution is 5.96. The van der Waals surface area contributed by atoms with Crippen LogP contribution in [0, 0.1) is 16.7 Å². The maximum atomic E-state index is 13.1. The van der Waals surface area contributed by atoms with Gasteiger partial charge < -0.3 is 25.3 Å². The Labute approximate surface area is 224 Å². The van der Waals surface area contributed by atoms with Crippen molar-refractivity contribution in [3.8, 4) is 5.75 Å². The van der Waals surface area contributed by atoms with Gasteiger partial charge >= 0.3 is 6.03 Å². The fourth-order valence-electron chi connectivity index (χ4n) is 6.26. The quantitative estimate of drug-likeness (QED) is 0.364. The Bertz CT molecular complexity index is 1270. The average Bonchev–Trinajstić information content (AvgIpc) is 3.47. The summed E-state index contributed by atoms with van der Waals surface area (Å²) in [5, 5.41) is 9.15. The molecule has 3 amide bonds. The summed E-state index contributed by atoms with van der Waals surface area (Å²) >= 11 is 0. The van der Waals surface area contributed by atoms with Gasteiger partial charge in [-0.1, -0.05) is 45.0 Å². The van der Waals surface area contributed by atoms with Crippen molar-refractivity contribution in [2.45, 2.75) is 59.2 Å². The summed E-state index contributed by atoms with van der Waals surface area (Å²) in [5.41, 5.74) is 2.24. The van der Waals surface area contributed by atoms with Crippen LogP contribution < -0.4 is 20.7 Å². The maximum Gasteiger partial charge on any atom is 0.319 e. The van der Waals surface area contributed by atoms with Crippen LogP contribution in [0.3, 0.4) is 0 Å². The summed E-state index contributed by atoms with van der Waals surface area (Å²) in [7, 11) is 0. The molecule has 0 aliphatic heterocycles. The second kappa shape index (κ2) is 10.5. The number of anilines is 1. The highest BCUT2D eigenvalue weighted by Crippen LogP contribution is 2.65. The molecule has 2 unspecified atom stereocenters. The zero-order valence-corrected chi connectivity index (χ0v) is 22.4. The number of fused-ring (bicyclic) bond motifs is 2. The van der Waals surface area contributed by atoms with E-state index in [2.05, 4.69) is 41.7 Å². The summed E-state index contributed by atoms with van der Waals surface area (Å²) in [6.45, 7) is 8.16. The summed E-state index contributed by atoms with van der Waals surface area (Å²) in [6.07, 6.45) is 8.59. The van der Waals surface area contributed by atoms with E-state index in [1.807, 2.05) is 47.0 Å². The summed E-state index contributed by atoms with van der Waals surface area (Å²) in [4.78, 5) is 30.3. The van der Waals surface area contributed by atoms with Crippen molar-refractivity contribution < 1.29 is 14.3 Å². The van der Waals surface area contributed by atoms with Crippen LogP contribution in [0.5, 0.6) is 5.75 Å². The van der Waals surface area contributed by atoms with Crippen molar-refractivity contribution in [3.05, 3.63) is 78.4 Å². The van der Waals surface area contributed by atoms with Crippen LogP contribution in [-0.4, -0.2) is 34.1 Å². The summed E-state index contributed by atoms with van der Waals surface area (Å²) < 4.78 is 7.67. The molecule has 2 aliphatic carbocycles. The molecule has 2 aromatic heterocycles. The number of amides is 3. The fraction of sp³-hybridized carbons (Fsp3) is 0.433. The van der Waals surface area contributed by atoms with E-state index in [4.69, 9.17) is 4.74 Å². The maximum absolute atomic E-state index is 13.1. The van der Waals surface area contributed by atoms with Crippen LogP contribution >= 0.6 is 0 Å². The Balaban J connectivity index is 1.26. The number of nitrogens with one attached hydrogen (secondary N) is 3. The third kappa shape index (κ3) is 5.12. The molecule has 2 bridgehead atoms. The number of nitrogens with zero attached hydrogens (tertiary/aromatic N) is 2. The van der Waals surface area contributed by atoms with E-state index in [-0.39, 0.29) is 28.8 Å². The number of benzene rings is 1. The zero-order chi connectivity index (χ0) is 26.8. The predicted molar refractivity (Wildman–Crippen MR) is 147 cm³/mol. The first-order chi connectivity index (χ1) is 18.3. The lowest BCUT2D eigenvalue weighted by molar-refractivity contribution is 0.0940. The number of aromatic nitrogens is 2. The van der Waals surface area contributed by atoms with Gasteiger partial charge in [0.1, 0.15) is 18.1 Å². The standard InChI is InChI=1S/C30H37N5O3/c1-29(2)22-11-12-30(29,3)26(16-22)34-28(37)33-23-17-25(27(36)32-19-21-8-7-13-31-18-21)35(20-23)14-15-38-24-9-5-4-6-10-24/h4-10,13,17-18,20,22,26H,11-12,14-16,19H2,1-3H3,(H,32,36)(H2,33,34,37)/t22?,26-,30?/m0/s1. The molecule has 3 aromatic rings. The number of carbonyl (C=O) groups excluding carboxylic acids is 2. The van der Waals surface area contributed by atoms with Crippen LogP contribution in [-0.2, 0) is 13.1 Å². The minimum Gasteiger partial charge on any atom is -0.492 e. The smallest absolute Gasteiger partial charge is 0.319 e. The minimum absolute atomic E-state index is 0.0903. The Kier molecular flexibility index (Phi) is 7.15. The Morgan fingerprint density at radius 1 is 1.13 bits per heavy atom. The van der Waals surface area contributed by atoms with Gasteiger partial charge in [0.05, 0.1) is 12.2 Å². The minimum atomic E-state index is -0.237. The van der Waals surface area contributed by atoms with Crippen LogP contribution in [0.1, 0.15) is 56.1 Å². The normalized spacial score (nSPS) is 23.1. The molecule has 2 saturated carbocycles. The third-order valence-corrected chi connectivity index (χ3v) is 9.01. The molecule has 0 radical (unpaired) electrons. The number of para-hydroxylation sites is 1. The lowest BCUT2D eigenvalue weighted by Gasteiger charge is -2.39. The number of carbonyl (C=O) groups is 2. The highest BCUT2D eigenvalue weighted by atomic mass is 16.5. The van der Waals surface area contributed by atoms with E-state index in [0.717, 1.165) is 24.2 Å². The van der Waals surface area contributed by atoms with E-state index in [0.29, 0.717) is 37.0 Å². The number of hydrogen-bond donors (Lipinski definition) is 3. The highest BCUT2D eigenvalue weighted by Gasteiger charge is 2.61. The average molecular weight is 516 g/mol. The SMILES string of the molecule is CC1(C)C2CCC1(C)[C@@H](NC(=O)Nc1cc(C(=O)NCc3cccnc3)n(CCOc3ccccc3)c1)C2. The van der Waals surface area contributed by atoms with E-state index < -0.39 is 0 Å². The van der Waals surface area contributed by atoms with Gasteiger partial charge in [0.25, 0.3) is 5.91 Å². The number of urea groups is 1. The molecule has 200 valence electrons. The first-order valence-electron chi connectivity index (χ1n) is 13.4. The Morgan fingerprint density at radius 2 is 1.95 bits per heavy atom. The molecule has 5 rings (SSSR count). The van der Waals surface area contributed by atoms with Gasteiger partial charge in [-0.25, -0.2) is 4.79 Å². The van der Waals surface area contributed by atoms with Gasteiger partial charge in [-0.05, 0) is 65.8 Å².